The minimum absolute atomic E-state index is 0.296. The number of ether oxygens (including phenoxy) is 1. The second-order valence-corrected chi connectivity index (χ2v) is 5.54. The van der Waals surface area contributed by atoms with Crippen LogP contribution < -0.4 is 10.2 Å². The summed E-state index contributed by atoms with van der Waals surface area (Å²) >= 11 is 0. The smallest absolute Gasteiger partial charge is 0.330 e. The lowest BCUT2D eigenvalue weighted by Gasteiger charge is -2.23. The van der Waals surface area contributed by atoms with E-state index in [2.05, 4.69) is 21.9 Å². The van der Waals surface area contributed by atoms with Crippen molar-refractivity contribution in [2.75, 3.05) is 25.6 Å². The molecule has 0 fully saturated rings. The van der Waals surface area contributed by atoms with Crippen molar-refractivity contribution >= 4 is 17.6 Å². The molecule has 0 aliphatic carbocycles. The highest BCUT2D eigenvalue weighted by atomic mass is 16.5. The zero-order chi connectivity index (χ0) is 16.0. The molecule has 0 saturated heterocycles. The first kappa shape index (κ1) is 17.0. The molecule has 1 aromatic rings. The summed E-state index contributed by atoms with van der Waals surface area (Å²) in [6, 6.07) is 7.31. The number of methoxy groups -OCH3 is 1. The van der Waals surface area contributed by atoms with Gasteiger partial charge in [0.15, 0.2) is 0 Å². The molecule has 1 aromatic carbocycles. The number of hydrogen-bond acceptors (Lipinski definition) is 4. The number of esters is 1. The Morgan fingerprint density at radius 1 is 1.24 bits per heavy atom. The minimum atomic E-state index is -1.05. The minimum Gasteiger partial charge on any atom is -0.467 e. The fourth-order valence-corrected chi connectivity index (χ4v) is 1.99. The number of rotatable bonds is 6. The molecule has 0 aliphatic heterocycles. The average Bonchev–Trinajstić information content (AvgIpc) is 2.46. The first-order valence-corrected chi connectivity index (χ1v) is 7.04. The van der Waals surface area contributed by atoms with Crippen molar-refractivity contribution < 1.29 is 14.3 Å². The van der Waals surface area contributed by atoms with Gasteiger partial charge in [0.1, 0.15) is 5.54 Å². The van der Waals surface area contributed by atoms with Gasteiger partial charge in [-0.05, 0) is 44.5 Å². The van der Waals surface area contributed by atoms with Crippen LogP contribution >= 0.6 is 0 Å². The highest BCUT2D eigenvalue weighted by molar-refractivity contribution is 5.98. The van der Waals surface area contributed by atoms with Crippen LogP contribution in [0.2, 0.25) is 0 Å². The quantitative estimate of drug-likeness (QED) is 0.817. The van der Waals surface area contributed by atoms with Crippen LogP contribution in [0.25, 0.3) is 0 Å². The van der Waals surface area contributed by atoms with E-state index >= 15 is 0 Å². The summed E-state index contributed by atoms with van der Waals surface area (Å²) < 4.78 is 4.67. The Bertz CT molecular complexity index is 495. The molecule has 21 heavy (non-hydrogen) atoms. The van der Waals surface area contributed by atoms with Crippen LogP contribution in [0.4, 0.5) is 5.69 Å². The molecule has 1 N–H and O–H groups in total. The number of nitrogens with zero attached hydrogens (tertiary/aromatic N) is 1. The van der Waals surface area contributed by atoms with Gasteiger partial charge in [-0.25, -0.2) is 4.79 Å². The maximum absolute atomic E-state index is 12.2. The molecule has 0 saturated carbocycles. The number of hydrogen-bond donors (Lipinski definition) is 1. The molecule has 0 unspecified atom stereocenters. The van der Waals surface area contributed by atoms with Crippen LogP contribution in [0.15, 0.2) is 24.3 Å². The Hall–Kier alpha value is -2.04. The third kappa shape index (κ3) is 4.48. The summed E-state index contributed by atoms with van der Waals surface area (Å²) in [5.74, 6) is -0.773. The van der Waals surface area contributed by atoms with Gasteiger partial charge in [0, 0.05) is 24.8 Å². The van der Waals surface area contributed by atoms with Gasteiger partial charge >= 0.3 is 5.97 Å². The third-order valence-electron chi connectivity index (χ3n) is 3.25. The predicted molar refractivity (Wildman–Crippen MR) is 83.6 cm³/mol. The maximum Gasteiger partial charge on any atom is 0.330 e. The van der Waals surface area contributed by atoms with Crippen molar-refractivity contribution in [1.29, 1.82) is 0 Å². The zero-order valence-electron chi connectivity index (χ0n) is 13.4. The molecule has 0 spiro atoms. The Kier molecular flexibility index (Phi) is 5.76. The molecular formula is C16H24N2O3. The first-order chi connectivity index (χ1) is 9.81. The molecule has 5 heteroatoms. The number of nitrogens with one attached hydrogen (secondary N) is 1. The third-order valence-corrected chi connectivity index (χ3v) is 3.25. The first-order valence-electron chi connectivity index (χ1n) is 7.04. The summed E-state index contributed by atoms with van der Waals surface area (Å²) in [6.07, 6.45) is 1.06. The standard InChI is InChI=1S/C16H24N2O3/c1-6-11-18(4)13-9-7-12(8-10-13)14(19)17-16(2,3)15(20)21-5/h7-10H,6,11H2,1-5H3,(H,17,19). The van der Waals surface area contributed by atoms with E-state index in [0.717, 1.165) is 18.7 Å². The topological polar surface area (TPSA) is 58.6 Å². The van der Waals surface area contributed by atoms with Crippen LogP contribution in [0.5, 0.6) is 0 Å². The molecule has 0 aliphatic rings. The average molecular weight is 292 g/mol. The van der Waals surface area contributed by atoms with Crippen LogP contribution in [0.1, 0.15) is 37.6 Å². The van der Waals surface area contributed by atoms with Gasteiger partial charge in [0.25, 0.3) is 5.91 Å². The normalized spacial score (nSPS) is 10.9. The predicted octanol–water partition coefficient (Wildman–Crippen LogP) is 2.21. The Morgan fingerprint density at radius 2 is 1.81 bits per heavy atom. The van der Waals surface area contributed by atoms with E-state index in [9.17, 15) is 9.59 Å². The monoisotopic (exact) mass is 292 g/mol. The molecule has 0 atom stereocenters. The molecule has 0 radical (unpaired) electrons. The number of anilines is 1. The van der Waals surface area contributed by atoms with Crippen molar-refractivity contribution in [3.8, 4) is 0 Å². The van der Waals surface area contributed by atoms with Crippen LogP contribution in [0.3, 0.4) is 0 Å². The fraction of sp³-hybridized carbons (Fsp3) is 0.500. The SMILES string of the molecule is CCCN(C)c1ccc(C(=O)NC(C)(C)C(=O)OC)cc1. The van der Waals surface area contributed by atoms with E-state index in [1.807, 2.05) is 19.2 Å². The van der Waals surface area contributed by atoms with E-state index in [-0.39, 0.29) is 5.91 Å². The summed E-state index contributed by atoms with van der Waals surface area (Å²) in [4.78, 5) is 25.9. The second-order valence-electron chi connectivity index (χ2n) is 5.54. The van der Waals surface area contributed by atoms with Crippen molar-refractivity contribution in [2.24, 2.45) is 0 Å². The van der Waals surface area contributed by atoms with E-state index in [0.29, 0.717) is 5.56 Å². The van der Waals surface area contributed by atoms with Gasteiger partial charge < -0.3 is 15.0 Å². The summed E-state index contributed by atoms with van der Waals surface area (Å²) in [7, 11) is 3.31. The zero-order valence-corrected chi connectivity index (χ0v) is 13.4. The van der Waals surface area contributed by atoms with E-state index in [1.54, 1.807) is 26.0 Å². The Balaban J connectivity index is 2.78. The van der Waals surface area contributed by atoms with Gasteiger partial charge in [-0.15, -0.1) is 0 Å². The van der Waals surface area contributed by atoms with Gasteiger partial charge in [0.05, 0.1) is 7.11 Å². The number of benzene rings is 1. The van der Waals surface area contributed by atoms with E-state index < -0.39 is 11.5 Å². The Labute approximate surface area is 126 Å². The molecule has 0 heterocycles. The molecule has 1 amide bonds. The fourth-order valence-electron chi connectivity index (χ4n) is 1.99. The molecule has 0 aromatic heterocycles. The van der Waals surface area contributed by atoms with Crippen molar-refractivity contribution in [2.45, 2.75) is 32.7 Å². The lowest BCUT2D eigenvalue weighted by atomic mass is 10.0. The van der Waals surface area contributed by atoms with Gasteiger partial charge in [-0.1, -0.05) is 6.92 Å². The van der Waals surface area contributed by atoms with Crippen LogP contribution in [-0.2, 0) is 9.53 Å². The number of carbonyl (C=O) groups excluding carboxylic acids is 2. The molecular weight excluding hydrogens is 268 g/mol. The Morgan fingerprint density at radius 3 is 2.29 bits per heavy atom. The van der Waals surface area contributed by atoms with Gasteiger partial charge in [-0.3, -0.25) is 4.79 Å². The molecule has 1 rings (SSSR count). The van der Waals surface area contributed by atoms with Crippen LogP contribution in [-0.4, -0.2) is 38.1 Å². The number of amides is 1. The van der Waals surface area contributed by atoms with E-state index in [1.165, 1.54) is 7.11 Å². The second kappa shape index (κ2) is 7.11. The highest BCUT2D eigenvalue weighted by Crippen LogP contribution is 2.15. The molecule has 116 valence electrons. The lowest BCUT2D eigenvalue weighted by Crippen LogP contribution is -2.50. The highest BCUT2D eigenvalue weighted by Gasteiger charge is 2.30. The summed E-state index contributed by atoms with van der Waals surface area (Å²) in [6.45, 7) is 6.30. The molecule has 5 nitrogen and oxygen atoms in total. The largest absolute Gasteiger partial charge is 0.467 e. The summed E-state index contributed by atoms with van der Waals surface area (Å²) in [5.41, 5.74) is 0.519. The van der Waals surface area contributed by atoms with E-state index in [4.69, 9.17) is 0 Å². The van der Waals surface area contributed by atoms with Crippen molar-refractivity contribution in [3.63, 3.8) is 0 Å². The van der Waals surface area contributed by atoms with Gasteiger partial charge in [0.2, 0.25) is 0 Å². The lowest BCUT2D eigenvalue weighted by molar-refractivity contribution is -0.146. The van der Waals surface area contributed by atoms with Crippen LogP contribution in [0, 0.1) is 0 Å². The van der Waals surface area contributed by atoms with Crippen molar-refractivity contribution in [1.82, 2.24) is 5.32 Å². The summed E-state index contributed by atoms with van der Waals surface area (Å²) in [5, 5.41) is 2.67. The van der Waals surface area contributed by atoms with Crippen molar-refractivity contribution in [3.05, 3.63) is 29.8 Å². The molecule has 0 bridgehead atoms. The van der Waals surface area contributed by atoms with Gasteiger partial charge in [-0.2, -0.15) is 0 Å². The number of carbonyl (C=O) groups is 2. The maximum atomic E-state index is 12.2.